The molecule has 0 fully saturated rings. The Bertz CT molecular complexity index is 799. The van der Waals surface area contributed by atoms with E-state index in [1.807, 2.05) is 32.0 Å². The molecule has 118 valence electrons. The van der Waals surface area contributed by atoms with Crippen LogP contribution in [0.4, 0.5) is 10.8 Å². The molecule has 22 heavy (non-hydrogen) atoms. The van der Waals surface area contributed by atoms with E-state index >= 15 is 0 Å². The van der Waals surface area contributed by atoms with Gasteiger partial charge in [-0.25, -0.2) is 0 Å². The Kier molecular flexibility index (Phi) is 4.77. The minimum absolute atomic E-state index is 0.147. The zero-order chi connectivity index (χ0) is 16.3. The number of aromatic nitrogens is 2. The molecule has 0 spiro atoms. The van der Waals surface area contributed by atoms with Crippen molar-refractivity contribution < 1.29 is 13.2 Å². The summed E-state index contributed by atoms with van der Waals surface area (Å²) >= 11 is 0.802. The van der Waals surface area contributed by atoms with Gasteiger partial charge in [-0.05, 0) is 24.5 Å². The van der Waals surface area contributed by atoms with Crippen LogP contribution in [-0.2, 0) is 21.2 Å². The number of hydrogen-bond acceptors (Lipinski definition) is 6. The summed E-state index contributed by atoms with van der Waals surface area (Å²) in [5.41, 5.74) is 2.28. The highest BCUT2D eigenvalue weighted by Crippen LogP contribution is 2.26. The first-order valence-corrected chi connectivity index (χ1v) is 8.86. The monoisotopic (exact) mass is 340 g/mol. The summed E-state index contributed by atoms with van der Waals surface area (Å²) in [7, 11) is -3.84. The van der Waals surface area contributed by atoms with Crippen LogP contribution in [0, 0.1) is 6.92 Å². The molecule has 1 aromatic carbocycles. The Hall–Kier alpha value is -2.00. The quantitative estimate of drug-likeness (QED) is 0.812. The zero-order valence-electron chi connectivity index (χ0n) is 12.4. The topological polar surface area (TPSA) is 101 Å². The molecule has 0 aliphatic rings. The van der Waals surface area contributed by atoms with Gasteiger partial charge in [-0.15, -0.1) is 10.2 Å². The Labute approximate surface area is 132 Å². The number of nitrogens with zero attached hydrogens (tertiary/aromatic N) is 2. The van der Waals surface area contributed by atoms with E-state index in [-0.39, 0.29) is 15.4 Å². The first-order valence-electron chi connectivity index (χ1n) is 6.56. The van der Waals surface area contributed by atoms with Gasteiger partial charge >= 0.3 is 0 Å². The molecule has 0 saturated heterocycles. The number of benzene rings is 1. The van der Waals surface area contributed by atoms with Gasteiger partial charge in [-0.3, -0.25) is 9.52 Å². The average molecular weight is 340 g/mol. The number of aryl methyl sites for hydroxylation is 2. The lowest BCUT2D eigenvalue weighted by Gasteiger charge is -2.12. The standard InChI is InChI=1S/C13H16N4O3S2/c1-4-10-7-5-6-8(2)11(10)17-22(19,20)13-16-15-12(21-13)14-9(3)18/h5-7,17H,4H2,1-3H3,(H,14,15,18). The largest absolute Gasteiger partial charge is 0.301 e. The molecule has 1 aromatic heterocycles. The first-order chi connectivity index (χ1) is 10.3. The number of amides is 1. The average Bonchev–Trinajstić information content (AvgIpc) is 2.89. The Morgan fingerprint density at radius 2 is 2.05 bits per heavy atom. The van der Waals surface area contributed by atoms with E-state index in [9.17, 15) is 13.2 Å². The molecule has 0 atom stereocenters. The Morgan fingerprint density at radius 3 is 2.68 bits per heavy atom. The van der Waals surface area contributed by atoms with Crippen molar-refractivity contribution >= 4 is 38.1 Å². The maximum atomic E-state index is 12.4. The highest BCUT2D eigenvalue weighted by atomic mass is 32.2. The minimum atomic E-state index is -3.84. The SMILES string of the molecule is CCc1cccc(C)c1NS(=O)(=O)c1nnc(NC(C)=O)s1. The predicted octanol–water partition coefficient (Wildman–Crippen LogP) is 2.17. The summed E-state index contributed by atoms with van der Waals surface area (Å²) < 4.78 is 27.2. The fraction of sp³-hybridized carbons (Fsp3) is 0.308. The molecule has 1 heterocycles. The third-order valence-electron chi connectivity index (χ3n) is 2.90. The van der Waals surface area contributed by atoms with E-state index in [1.165, 1.54) is 6.92 Å². The second-order valence-electron chi connectivity index (χ2n) is 4.62. The molecular weight excluding hydrogens is 324 g/mol. The van der Waals surface area contributed by atoms with Crippen molar-refractivity contribution in [3.8, 4) is 0 Å². The predicted molar refractivity (Wildman–Crippen MR) is 85.6 cm³/mol. The van der Waals surface area contributed by atoms with Crippen molar-refractivity contribution in [2.45, 2.75) is 31.5 Å². The molecular formula is C13H16N4O3S2. The van der Waals surface area contributed by atoms with Gasteiger partial charge in [0.2, 0.25) is 11.0 Å². The molecule has 0 aliphatic heterocycles. The maximum Gasteiger partial charge on any atom is 0.291 e. The number of rotatable bonds is 5. The third kappa shape index (κ3) is 3.60. The molecule has 9 heteroatoms. The zero-order valence-corrected chi connectivity index (χ0v) is 14.0. The number of anilines is 2. The van der Waals surface area contributed by atoms with Crippen LogP contribution >= 0.6 is 11.3 Å². The third-order valence-corrected chi connectivity index (χ3v) is 5.45. The number of sulfonamides is 1. The summed E-state index contributed by atoms with van der Waals surface area (Å²) in [5, 5.41) is 9.83. The van der Waals surface area contributed by atoms with Crippen molar-refractivity contribution in [3.05, 3.63) is 29.3 Å². The van der Waals surface area contributed by atoms with Crippen LogP contribution in [0.3, 0.4) is 0 Å². The lowest BCUT2D eigenvalue weighted by molar-refractivity contribution is -0.114. The smallest absolute Gasteiger partial charge is 0.291 e. The van der Waals surface area contributed by atoms with E-state index < -0.39 is 10.0 Å². The molecule has 7 nitrogen and oxygen atoms in total. The molecule has 0 aliphatic carbocycles. The van der Waals surface area contributed by atoms with Crippen molar-refractivity contribution in [2.24, 2.45) is 0 Å². The molecule has 0 saturated carbocycles. The normalized spacial score (nSPS) is 11.2. The van der Waals surface area contributed by atoms with Crippen molar-refractivity contribution in [1.82, 2.24) is 10.2 Å². The second-order valence-corrected chi connectivity index (χ2v) is 7.46. The summed E-state index contributed by atoms with van der Waals surface area (Å²) in [5.74, 6) is -0.333. The summed E-state index contributed by atoms with van der Waals surface area (Å²) in [6, 6.07) is 5.58. The van der Waals surface area contributed by atoms with E-state index in [4.69, 9.17) is 0 Å². The van der Waals surface area contributed by atoms with E-state index in [0.717, 1.165) is 22.5 Å². The molecule has 0 radical (unpaired) electrons. The van der Waals surface area contributed by atoms with Gasteiger partial charge in [0.15, 0.2) is 0 Å². The van der Waals surface area contributed by atoms with Gasteiger partial charge in [0.25, 0.3) is 14.4 Å². The Morgan fingerprint density at radius 1 is 1.32 bits per heavy atom. The van der Waals surface area contributed by atoms with Gasteiger partial charge in [-0.1, -0.05) is 36.5 Å². The fourth-order valence-electron chi connectivity index (χ4n) is 1.87. The van der Waals surface area contributed by atoms with Gasteiger partial charge < -0.3 is 5.32 Å². The van der Waals surface area contributed by atoms with Crippen LogP contribution in [0.5, 0.6) is 0 Å². The van der Waals surface area contributed by atoms with Crippen LogP contribution < -0.4 is 10.0 Å². The van der Waals surface area contributed by atoms with Crippen LogP contribution in [0.2, 0.25) is 0 Å². The summed E-state index contributed by atoms with van der Waals surface area (Å²) in [6.45, 7) is 5.10. The van der Waals surface area contributed by atoms with E-state index in [0.29, 0.717) is 12.1 Å². The second kappa shape index (κ2) is 6.41. The van der Waals surface area contributed by atoms with Crippen LogP contribution in [0.1, 0.15) is 25.0 Å². The molecule has 0 bridgehead atoms. The van der Waals surface area contributed by atoms with Crippen molar-refractivity contribution in [3.63, 3.8) is 0 Å². The van der Waals surface area contributed by atoms with E-state index in [2.05, 4.69) is 20.2 Å². The fourth-order valence-corrected chi connectivity index (χ4v) is 3.99. The summed E-state index contributed by atoms with van der Waals surface area (Å²) in [6.07, 6.45) is 0.701. The highest BCUT2D eigenvalue weighted by Gasteiger charge is 2.22. The molecule has 2 aromatic rings. The van der Waals surface area contributed by atoms with Crippen LogP contribution in [-0.4, -0.2) is 24.5 Å². The van der Waals surface area contributed by atoms with Gasteiger partial charge in [0.1, 0.15) is 0 Å². The van der Waals surface area contributed by atoms with Gasteiger partial charge in [0, 0.05) is 6.92 Å². The molecule has 2 N–H and O–H groups in total. The van der Waals surface area contributed by atoms with Crippen molar-refractivity contribution in [1.29, 1.82) is 0 Å². The maximum absolute atomic E-state index is 12.4. The molecule has 2 rings (SSSR count). The highest BCUT2D eigenvalue weighted by molar-refractivity contribution is 7.94. The number of carbonyl (C=O) groups excluding carboxylic acids is 1. The minimum Gasteiger partial charge on any atom is -0.301 e. The van der Waals surface area contributed by atoms with Gasteiger partial charge in [-0.2, -0.15) is 8.42 Å². The first kappa shape index (κ1) is 16.4. The summed E-state index contributed by atoms with van der Waals surface area (Å²) in [4.78, 5) is 11.0. The molecule has 1 amide bonds. The van der Waals surface area contributed by atoms with Crippen LogP contribution in [0.25, 0.3) is 0 Å². The van der Waals surface area contributed by atoms with Gasteiger partial charge in [0.05, 0.1) is 5.69 Å². The van der Waals surface area contributed by atoms with Crippen LogP contribution in [0.15, 0.2) is 22.5 Å². The lowest BCUT2D eigenvalue weighted by Crippen LogP contribution is -2.15. The number of carbonyl (C=O) groups is 1. The Balaban J connectivity index is 2.32. The number of hydrogen-bond donors (Lipinski definition) is 2. The number of para-hydroxylation sites is 1. The van der Waals surface area contributed by atoms with E-state index in [1.54, 1.807) is 0 Å². The molecule has 0 unspecified atom stereocenters. The lowest BCUT2D eigenvalue weighted by atomic mass is 10.1. The number of nitrogens with one attached hydrogen (secondary N) is 2. The van der Waals surface area contributed by atoms with Crippen molar-refractivity contribution in [2.75, 3.05) is 10.0 Å².